The van der Waals surface area contributed by atoms with Crippen LogP contribution in [0, 0.1) is 0 Å². The number of hydrogen-bond donors (Lipinski definition) is 2. The Kier molecular flexibility index (Phi) is 5.17. The van der Waals surface area contributed by atoms with E-state index < -0.39 is 23.9 Å². The van der Waals surface area contributed by atoms with Crippen molar-refractivity contribution in [1.29, 1.82) is 0 Å². The van der Waals surface area contributed by atoms with Crippen LogP contribution in [0.1, 0.15) is 12.8 Å². The van der Waals surface area contributed by atoms with E-state index in [0.29, 0.717) is 10.8 Å². The standard InChI is InChI=1S/C24H17N3O7/c28-16-11-20(33-18-7-3-1-5-13(16)18)25-23(31)15-9-10-22(30)27(15)24(32)26-21-12-17(29)14-6-2-4-8-19(14)34-21/h1-8,11-12,15H,9-10H2,(H,25,31)(H,26,32). The molecule has 3 heterocycles. The minimum Gasteiger partial charge on any atom is -0.440 e. The fraction of sp³-hybridized carbons (Fsp3) is 0.125. The Bertz CT molecular complexity index is 1590. The molecule has 2 N–H and O–H groups in total. The molecule has 10 heteroatoms. The first-order valence-electron chi connectivity index (χ1n) is 10.4. The van der Waals surface area contributed by atoms with Crippen molar-refractivity contribution in [3.8, 4) is 0 Å². The predicted octanol–water partition coefficient (Wildman–Crippen LogP) is 3.06. The maximum absolute atomic E-state index is 12.9. The number of nitrogens with zero attached hydrogens (tertiary/aromatic N) is 1. The third kappa shape index (κ3) is 3.81. The second-order valence-electron chi connectivity index (χ2n) is 7.68. The summed E-state index contributed by atoms with van der Waals surface area (Å²) in [4.78, 5) is 63.4. The number of likely N-dealkylation sites (tertiary alicyclic amines) is 1. The van der Waals surface area contributed by atoms with Crippen molar-refractivity contribution in [1.82, 2.24) is 4.90 Å². The van der Waals surface area contributed by atoms with Crippen LogP contribution in [0.25, 0.3) is 21.9 Å². The van der Waals surface area contributed by atoms with Gasteiger partial charge in [0.25, 0.3) is 0 Å². The Morgan fingerprint density at radius 1 is 0.794 bits per heavy atom. The molecule has 1 aliphatic rings. The monoisotopic (exact) mass is 459 g/mol. The summed E-state index contributed by atoms with van der Waals surface area (Å²) in [6.07, 6.45) is 0.0480. The Hall–Kier alpha value is -4.73. The second kappa shape index (κ2) is 8.32. The Labute approximate surface area is 190 Å². The van der Waals surface area contributed by atoms with E-state index in [2.05, 4.69) is 10.6 Å². The zero-order valence-electron chi connectivity index (χ0n) is 17.6. The summed E-state index contributed by atoms with van der Waals surface area (Å²) in [5, 5.41) is 5.54. The van der Waals surface area contributed by atoms with Crippen LogP contribution in [0.2, 0.25) is 0 Å². The maximum atomic E-state index is 12.9. The van der Waals surface area contributed by atoms with Crippen molar-refractivity contribution in [2.75, 3.05) is 10.6 Å². The first-order valence-corrected chi connectivity index (χ1v) is 10.4. The molecule has 2 aromatic heterocycles. The van der Waals surface area contributed by atoms with Crippen LogP contribution in [-0.2, 0) is 9.59 Å². The first kappa shape index (κ1) is 21.1. The van der Waals surface area contributed by atoms with Gasteiger partial charge in [-0.2, -0.15) is 0 Å². The number of urea groups is 1. The largest absolute Gasteiger partial charge is 0.440 e. The van der Waals surface area contributed by atoms with Gasteiger partial charge in [0, 0.05) is 18.6 Å². The van der Waals surface area contributed by atoms with Gasteiger partial charge in [-0.05, 0) is 30.7 Å². The molecule has 1 atom stereocenters. The number of carbonyl (C=O) groups is 3. The number of rotatable bonds is 3. The van der Waals surface area contributed by atoms with E-state index in [1.54, 1.807) is 48.5 Å². The number of fused-ring (bicyclic) bond motifs is 2. The Morgan fingerprint density at radius 3 is 1.91 bits per heavy atom. The molecule has 0 saturated carbocycles. The van der Waals surface area contributed by atoms with Crippen molar-refractivity contribution in [3.63, 3.8) is 0 Å². The summed E-state index contributed by atoms with van der Waals surface area (Å²) in [5.74, 6) is -1.53. The molecular weight excluding hydrogens is 442 g/mol. The topological polar surface area (TPSA) is 139 Å². The van der Waals surface area contributed by atoms with E-state index in [9.17, 15) is 24.0 Å². The normalized spacial score (nSPS) is 15.6. The second-order valence-corrected chi connectivity index (χ2v) is 7.68. The zero-order chi connectivity index (χ0) is 23.8. The highest BCUT2D eigenvalue weighted by Crippen LogP contribution is 2.23. The average molecular weight is 459 g/mol. The van der Waals surface area contributed by atoms with Crippen molar-refractivity contribution < 1.29 is 23.2 Å². The SMILES string of the molecule is O=C(Nc1cc(=O)c2ccccc2o1)C1CCC(=O)N1C(=O)Nc1cc(=O)c2ccccc2o1. The number of carbonyl (C=O) groups excluding carboxylic acids is 3. The highest BCUT2D eigenvalue weighted by molar-refractivity contribution is 6.08. The lowest BCUT2D eigenvalue weighted by Crippen LogP contribution is -2.47. The van der Waals surface area contributed by atoms with Gasteiger partial charge in [0.2, 0.25) is 23.6 Å². The molecule has 4 aromatic rings. The van der Waals surface area contributed by atoms with Gasteiger partial charge in [0.1, 0.15) is 17.2 Å². The van der Waals surface area contributed by atoms with Gasteiger partial charge in [-0.15, -0.1) is 0 Å². The quantitative estimate of drug-likeness (QED) is 0.480. The van der Waals surface area contributed by atoms with E-state index in [-0.39, 0.29) is 46.6 Å². The van der Waals surface area contributed by atoms with E-state index in [0.717, 1.165) is 17.0 Å². The summed E-state index contributed by atoms with van der Waals surface area (Å²) in [6, 6.07) is 13.2. The molecule has 2 aromatic carbocycles. The molecule has 10 nitrogen and oxygen atoms in total. The maximum Gasteiger partial charge on any atom is 0.331 e. The van der Waals surface area contributed by atoms with Gasteiger partial charge in [0.05, 0.1) is 10.8 Å². The van der Waals surface area contributed by atoms with Crippen LogP contribution >= 0.6 is 0 Å². The van der Waals surface area contributed by atoms with Gasteiger partial charge >= 0.3 is 6.03 Å². The fourth-order valence-corrected chi connectivity index (χ4v) is 3.89. The van der Waals surface area contributed by atoms with Crippen molar-refractivity contribution in [2.24, 2.45) is 0 Å². The first-order chi connectivity index (χ1) is 16.4. The van der Waals surface area contributed by atoms with Gasteiger partial charge < -0.3 is 8.83 Å². The highest BCUT2D eigenvalue weighted by atomic mass is 16.4. The van der Waals surface area contributed by atoms with Gasteiger partial charge in [0.15, 0.2) is 10.9 Å². The summed E-state index contributed by atoms with van der Waals surface area (Å²) in [5.41, 5.74) is -0.168. The van der Waals surface area contributed by atoms with E-state index in [1.165, 1.54) is 0 Å². The number of anilines is 2. The zero-order valence-corrected chi connectivity index (χ0v) is 17.6. The molecule has 34 heavy (non-hydrogen) atoms. The lowest BCUT2D eigenvalue weighted by atomic mass is 10.2. The summed E-state index contributed by atoms with van der Waals surface area (Å²) in [7, 11) is 0. The summed E-state index contributed by atoms with van der Waals surface area (Å²) in [6.45, 7) is 0. The van der Waals surface area contributed by atoms with Crippen LogP contribution in [0.15, 0.2) is 79.1 Å². The van der Waals surface area contributed by atoms with Crippen molar-refractivity contribution >= 4 is 51.6 Å². The third-order valence-electron chi connectivity index (χ3n) is 5.48. The van der Waals surface area contributed by atoms with E-state index in [1.807, 2.05) is 0 Å². The third-order valence-corrected chi connectivity index (χ3v) is 5.48. The lowest BCUT2D eigenvalue weighted by Gasteiger charge is -2.22. The van der Waals surface area contributed by atoms with Crippen LogP contribution in [0.5, 0.6) is 0 Å². The number of amides is 4. The average Bonchev–Trinajstić information content (AvgIpc) is 3.21. The molecule has 4 amide bonds. The smallest absolute Gasteiger partial charge is 0.331 e. The number of para-hydroxylation sites is 2. The number of imide groups is 1. The van der Waals surface area contributed by atoms with Crippen LogP contribution in [-0.4, -0.2) is 28.8 Å². The van der Waals surface area contributed by atoms with Crippen LogP contribution in [0.4, 0.5) is 16.6 Å². The minimum atomic E-state index is -1.14. The van der Waals surface area contributed by atoms with Crippen LogP contribution < -0.4 is 21.5 Å². The number of nitrogens with one attached hydrogen (secondary N) is 2. The Balaban J connectivity index is 1.37. The molecule has 0 spiro atoms. The van der Waals surface area contributed by atoms with Gasteiger partial charge in [-0.25, -0.2) is 4.79 Å². The molecule has 0 radical (unpaired) electrons. The van der Waals surface area contributed by atoms with E-state index in [4.69, 9.17) is 8.83 Å². The molecule has 0 aliphatic carbocycles. The van der Waals surface area contributed by atoms with Crippen molar-refractivity contribution in [3.05, 3.63) is 81.1 Å². The summed E-state index contributed by atoms with van der Waals surface area (Å²) >= 11 is 0. The van der Waals surface area contributed by atoms with Crippen LogP contribution in [0.3, 0.4) is 0 Å². The molecule has 170 valence electrons. The lowest BCUT2D eigenvalue weighted by molar-refractivity contribution is -0.130. The van der Waals surface area contributed by atoms with Gasteiger partial charge in [-0.1, -0.05) is 24.3 Å². The molecule has 1 fully saturated rings. The summed E-state index contributed by atoms with van der Waals surface area (Å²) < 4.78 is 11.1. The number of benzene rings is 2. The molecule has 5 rings (SSSR count). The highest BCUT2D eigenvalue weighted by Gasteiger charge is 2.41. The predicted molar refractivity (Wildman–Crippen MR) is 122 cm³/mol. The molecule has 1 aliphatic heterocycles. The number of hydrogen-bond acceptors (Lipinski definition) is 7. The molecule has 1 saturated heterocycles. The molecule has 1 unspecified atom stereocenters. The van der Waals surface area contributed by atoms with Gasteiger partial charge in [-0.3, -0.25) is 34.7 Å². The van der Waals surface area contributed by atoms with E-state index >= 15 is 0 Å². The fourth-order valence-electron chi connectivity index (χ4n) is 3.89. The minimum absolute atomic E-state index is 0.0329. The molecule has 0 bridgehead atoms. The Morgan fingerprint density at radius 2 is 1.32 bits per heavy atom. The van der Waals surface area contributed by atoms with Crippen molar-refractivity contribution in [2.45, 2.75) is 18.9 Å². The molecular formula is C24H17N3O7.